The van der Waals surface area contributed by atoms with Crippen molar-refractivity contribution in [1.82, 2.24) is 0 Å². The summed E-state index contributed by atoms with van der Waals surface area (Å²) in [4.78, 5) is 0. The Balaban J connectivity index is 1.97. The van der Waals surface area contributed by atoms with E-state index in [9.17, 15) is 4.39 Å². The van der Waals surface area contributed by atoms with Gasteiger partial charge in [-0.15, -0.1) is 0 Å². The van der Waals surface area contributed by atoms with Gasteiger partial charge in [0, 0.05) is 6.54 Å². The van der Waals surface area contributed by atoms with Gasteiger partial charge in [-0.05, 0) is 37.3 Å². The van der Waals surface area contributed by atoms with Crippen LogP contribution in [0.2, 0.25) is 0 Å². The second-order valence-electron chi connectivity index (χ2n) is 4.11. The maximum Gasteiger partial charge on any atom is 0.149 e. The van der Waals surface area contributed by atoms with Gasteiger partial charge in [0.05, 0.1) is 5.69 Å². The van der Waals surface area contributed by atoms with Crippen molar-refractivity contribution < 1.29 is 4.39 Å². The molecule has 0 bridgehead atoms. The predicted molar refractivity (Wildman–Crippen MR) is 57.0 cm³/mol. The highest BCUT2D eigenvalue weighted by molar-refractivity contribution is 5.47. The lowest BCUT2D eigenvalue weighted by atomic mass is 9.85. The average molecular weight is 193 g/mol. The molecule has 0 heterocycles. The zero-order chi connectivity index (χ0) is 9.97. The van der Waals surface area contributed by atoms with E-state index in [4.69, 9.17) is 0 Å². The molecule has 0 saturated heterocycles. The van der Waals surface area contributed by atoms with Crippen LogP contribution in [-0.4, -0.2) is 6.54 Å². The molecule has 0 radical (unpaired) electrons. The summed E-state index contributed by atoms with van der Waals surface area (Å²) in [7, 11) is 0. The lowest BCUT2D eigenvalue weighted by Gasteiger charge is -2.26. The lowest BCUT2D eigenvalue weighted by Crippen LogP contribution is -2.21. The van der Waals surface area contributed by atoms with Gasteiger partial charge >= 0.3 is 0 Å². The van der Waals surface area contributed by atoms with Crippen molar-refractivity contribution >= 4 is 5.69 Å². The molecule has 0 aromatic heterocycles. The van der Waals surface area contributed by atoms with Crippen molar-refractivity contribution in [2.75, 3.05) is 11.9 Å². The summed E-state index contributed by atoms with van der Waals surface area (Å²) in [6.07, 6.45) is 3.92. The van der Waals surface area contributed by atoms with Gasteiger partial charge in [-0.25, -0.2) is 4.39 Å². The SMILES string of the molecule is Cc1cccc(NCC2CCC2)c1F. The van der Waals surface area contributed by atoms with Crippen LogP contribution in [0.5, 0.6) is 0 Å². The number of hydrogen-bond acceptors (Lipinski definition) is 1. The summed E-state index contributed by atoms with van der Waals surface area (Å²) in [6, 6.07) is 5.49. The van der Waals surface area contributed by atoms with Crippen molar-refractivity contribution in [2.45, 2.75) is 26.2 Å². The summed E-state index contributed by atoms with van der Waals surface area (Å²) in [5, 5.41) is 3.18. The second kappa shape index (κ2) is 3.99. The molecule has 1 aliphatic rings. The molecule has 14 heavy (non-hydrogen) atoms. The van der Waals surface area contributed by atoms with Gasteiger partial charge in [-0.1, -0.05) is 18.6 Å². The number of benzene rings is 1. The highest BCUT2D eigenvalue weighted by Gasteiger charge is 2.17. The van der Waals surface area contributed by atoms with Gasteiger partial charge in [0.2, 0.25) is 0 Å². The zero-order valence-electron chi connectivity index (χ0n) is 8.52. The van der Waals surface area contributed by atoms with Crippen LogP contribution in [0, 0.1) is 18.7 Å². The lowest BCUT2D eigenvalue weighted by molar-refractivity contribution is 0.333. The number of anilines is 1. The standard InChI is InChI=1S/C12H16FN/c1-9-4-2-7-11(12(9)13)14-8-10-5-3-6-10/h2,4,7,10,14H,3,5-6,8H2,1H3. The molecule has 2 rings (SSSR count). The Morgan fingerprint density at radius 1 is 1.43 bits per heavy atom. The number of rotatable bonds is 3. The molecule has 1 nitrogen and oxygen atoms in total. The molecule has 1 N–H and O–H groups in total. The van der Waals surface area contributed by atoms with Crippen molar-refractivity contribution in [2.24, 2.45) is 5.92 Å². The van der Waals surface area contributed by atoms with Crippen LogP contribution in [0.1, 0.15) is 24.8 Å². The summed E-state index contributed by atoms with van der Waals surface area (Å²) >= 11 is 0. The Hall–Kier alpha value is -1.05. The fourth-order valence-corrected chi connectivity index (χ4v) is 1.74. The molecular formula is C12H16FN. The quantitative estimate of drug-likeness (QED) is 0.776. The minimum absolute atomic E-state index is 0.105. The van der Waals surface area contributed by atoms with Crippen molar-refractivity contribution in [3.8, 4) is 0 Å². The van der Waals surface area contributed by atoms with E-state index < -0.39 is 0 Å². The number of nitrogens with one attached hydrogen (secondary N) is 1. The Bertz CT molecular complexity index is 318. The van der Waals surface area contributed by atoms with Gasteiger partial charge in [0.1, 0.15) is 5.82 Å². The first-order valence-electron chi connectivity index (χ1n) is 5.26. The average Bonchev–Trinajstić information content (AvgIpc) is 2.09. The van der Waals surface area contributed by atoms with Crippen LogP contribution < -0.4 is 5.32 Å². The molecule has 1 aromatic carbocycles. The minimum Gasteiger partial charge on any atom is -0.382 e. The van der Waals surface area contributed by atoms with Crippen LogP contribution in [0.3, 0.4) is 0 Å². The Labute approximate surface area is 84.3 Å². The number of hydrogen-bond donors (Lipinski definition) is 1. The third kappa shape index (κ3) is 1.89. The number of halogens is 1. The normalized spacial score (nSPS) is 16.4. The molecule has 0 aliphatic heterocycles. The van der Waals surface area contributed by atoms with Crippen molar-refractivity contribution in [1.29, 1.82) is 0 Å². The smallest absolute Gasteiger partial charge is 0.149 e. The van der Waals surface area contributed by atoms with Gasteiger partial charge in [-0.2, -0.15) is 0 Å². The van der Waals surface area contributed by atoms with E-state index in [1.165, 1.54) is 19.3 Å². The maximum absolute atomic E-state index is 13.5. The third-order valence-corrected chi connectivity index (χ3v) is 3.00. The highest BCUT2D eigenvalue weighted by atomic mass is 19.1. The summed E-state index contributed by atoms with van der Waals surface area (Å²) in [5.74, 6) is 0.654. The first kappa shape index (κ1) is 9.50. The van der Waals surface area contributed by atoms with Gasteiger partial charge < -0.3 is 5.32 Å². The molecule has 1 aliphatic carbocycles. The predicted octanol–water partition coefficient (Wildman–Crippen LogP) is 3.35. The Morgan fingerprint density at radius 3 is 2.86 bits per heavy atom. The molecule has 0 amide bonds. The topological polar surface area (TPSA) is 12.0 Å². The fourth-order valence-electron chi connectivity index (χ4n) is 1.74. The van der Waals surface area contributed by atoms with Crippen LogP contribution in [-0.2, 0) is 0 Å². The largest absolute Gasteiger partial charge is 0.382 e. The van der Waals surface area contributed by atoms with E-state index in [2.05, 4.69) is 5.32 Å². The monoisotopic (exact) mass is 193 g/mol. The molecule has 1 aromatic rings. The molecule has 76 valence electrons. The van der Waals surface area contributed by atoms with Crippen LogP contribution >= 0.6 is 0 Å². The first-order valence-corrected chi connectivity index (χ1v) is 5.26. The Morgan fingerprint density at radius 2 is 2.21 bits per heavy atom. The van der Waals surface area contributed by atoms with Gasteiger partial charge in [0.25, 0.3) is 0 Å². The minimum atomic E-state index is -0.105. The molecule has 0 unspecified atom stereocenters. The molecular weight excluding hydrogens is 177 g/mol. The zero-order valence-corrected chi connectivity index (χ0v) is 8.52. The van der Waals surface area contributed by atoms with Gasteiger partial charge in [-0.3, -0.25) is 0 Å². The van der Waals surface area contributed by atoms with E-state index in [1.54, 1.807) is 19.1 Å². The molecule has 0 atom stereocenters. The van der Waals surface area contributed by atoms with Crippen molar-refractivity contribution in [3.05, 3.63) is 29.6 Å². The van der Waals surface area contributed by atoms with E-state index in [1.807, 2.05) is 6.07 Å². The summed E-state index contributed by atoms with van der Waals surface area (Å²) in [6.45, 7) is 2.71. The molecule has 1 saturated carbocycles. The van der Waals surface area contributed by atoms with Crippen LogP contribution in [0.25, 0.3) is 0 Å². The first-order chi connectivity index (χ1) is 6.77. The Kier molecular flexibility index (Phi) is 2.71. The number of aryl methyl sites for hydroxylation is 1. The molecule has 0 spiro atoms. The maximum atomic E-state index is 13.5. The van der Waals surface area contributed by atoms with E-state index in [0.717, 1.165) is 12.5 Å². The highest BCUT2D eigenvalue weighted by Crippen LogP contribution is 2.27. The van der Waals surface area contributed by atoms with Crippen molar-refractivity contribution in [3.63, 3.8) is 0 Å². The second-order valence-corrected chi connectivity index (χ2v) is 4.11. The summed E-state index contributed by atoms with van der Waals surface area (Å²) in [5.41, 5.74) is 1.36. The summed E-state index contributed by atoms with van der Waals surface area (Å²) < 4.78 is 13.5. The third-order valence-electron chi connectivity index (χ3n) is 3.00. The van der Waals surface area contributed by atoms with E-state index in [0.29, 0.717) is 11.3 Å². The van der Waals surface area contributed by atoms with Gasteiger partial charge in [0.15, 0.2) is 0 Å². The van der Waals surface area contributed by atoms with E-state index in [-0.39, 0.29) is 5.82 Å². The fraction of sp³-hybridized carbons (Fsp3) is 0.500. The molecule has 2 heteroatoms. The van der Waals surface area contributed by atoms with Crippen LogP contribution in [0.15, 0.2) is 18.2 Å². The molecule has 1 fully saturated rings. The van der Waals surface area contributed by atoms with Crippen LogP contribution in [0.4, 0.5) is 10.1 Å². The van der Waals surface area contributed by atoms with E-state index >= 15 is 0 Å².